The average molecular weight is 422 g/mol. The summed E-state index contributed by atoms with van der Waals surface area (Å²) in [6.07, 6.45) is 9.62. The molecule has 164 valence electrons. The molecule has 4 rings (SSSR count). The summed E-state index contributed by atoms with van der Waals surface area (Å²) in [6, 6.07) is 10.4. The molecular weight excluding hydrogens is 390 g/mol. The predicted octanol–water partition coefficient (Wildman–Crippen LogP) is 4.90. The zero-order valence-corrected chi connectivity index (χ0v) is 18.4. The molecule has 0 atom stereocenters. The van der Waals surface area contributed by atoms with Crippen molar-refractivity contribution < 1.29 is 14.3 Å². The van der Waals surface area contributed by atoms with E-state index in [1.807, 2.05) is 30.3 Å². The predicted molar refractivity (Wildman–Crippen MR) is 122 cm³/mol. The minimum absolute atomic E-state index is 0.131. The Morgan fingerprint density at radius 1 is 1.19 bits per heavy atom. The molecule has 2 fully saturated rings. The van der Waals surface area contributed by atoms with Crippen LogP contribution in [0.3, 0.4) is 0 Å². The number of benzene rings is 1. The molecule has 0 spiro atoms. The quantitative estimate of drug-likeness (QED) is 0.675. The third kappa shape index (κ3) is 4.84. The van der Waals surface area contributed by atoms with E-state index >= 15 is 0 Å². The number of hydrogen-bond acceptors (Lipinski definition) is 3. The van der Waals surface area contributed by atoms with E-state index in [4.69, 9.17) is 4.74 Å². The van der Waals surface area contributed by atoms with E-state index in [1.165, 1.54) is 43.5 Å². The first-order valence-electron chi connectivity index (χ1n) is 11.2. The minimum Gasteiger partial charge on any atom is -0.447 e. The van der Waals surface area contributed by atoms with Crippen LogP contribution >= 0.6 is 0 Å². The van der Waals surface area contributed by atoms with Gasteiger partial charge in [-0.25, -0.2) is 4.79 Å². The van der Waals surface area contributed by atoms with E-state index in [0.29, 0.717) is 25.7 Å². The standard InChI is InChI=1S/C25H31N3O3/c1-18-15-21(19(2)28(18)22-8-4-3-5-9-22)11-12-24(29)26-17-20-7-6-10-23(16-20)27-13-14-31-25(27)30/h6-7,10-12,15-16,22H,3-5,8-9,13-14,17H2,1-2H3,(H,26,29). The van der Waals surface area contributed by atoms with E-state index in [0.717, 1.165) is 16.8 Å². The Morgan fingerprint density at radius 3 is 2.74 bits per heavy atom. The average Bonchev–Trinajstić information content (AvgIpc) is 3.33. The molecule has 6 heteroatoms. The summed E-state index contributed by atoms with van der Waals surface area (Å²) in [5, 5.41) is 2.94. The number of carbonyl (C=O) groups is 2. The zero-order valence-electron chi connectivity index (χ0n) is 18.4. The van der Waals surface area contributed by atoms with Crippen molar-refractivity contribution in [2.75, 3.05) is 18.1 Å². The van der Waals surface area contributed by atoms with Crippen LogP contribution in [0.25, 0.3) is 6.08 Å². The summed E-state index contributed by atoms with van der Waals surface area (Å²) >= 11 is 0. The summed E-state index contributed by atoms with van der Waals surface area (Å²) in [5.74, 6) is -0.131. The molecule has 1 aromatic heterocycles. The van der Waals surface area contributed by atoms with Crippen molar-refractivity contribution in [1.82, 2.24) is 9.88 Å². The number of aromatic nitrogens is 1. The van der Waals surface area contributed by atoms with Crippen LogP contribution in [0.5, 0.6) is 0 Å². The molecule has 31 heavy (non-hydrogen) atoms. The molecule has 1 N–H and O–H groups in total. The van der Waals surface area contributed by atoms with Gasteiger partial charge < -0.3 is 14.6 Å². The van der Waals surface area contributed by atoms with Crippen molar-refractivity contribution in [3.05, 3.63) is 58.9 Å². The van der Waals surface area contributed by atoms with Crippen molar-refractivity contribution in [2.45, 2.75) is 58.5 Å². The van der Waals surface area contributed by atoms with Gasteiger partial charge in [0, 0.05) is 35.7 Å². The van der Waals surface area contributed by atoms with Gasteiger partial charge in [0.1, 0.15) is 6.61 Å². The van der Waals surface area contributed by atoms with E-state index in [-0.39, 0.29) is 12.0 Å². The van der Waals surface area contributed by atoms with E-state index < -0.39 is 0 Å². The second-order valence-electron chi connectivity index (χ2n) is 8.48. The van der Waals surface area contributed by atoms with E-state index in [2.05, 4.69) is 29.8 Å². The Morgan fingerprint density at radius 2 is 2.00 bits per heavy atom. The number of amides is 2. The summed E-state index contributed by atoms with van der Waals surface area (Å²) in [7, 11) is 0. The highest BCUT2D eigenvalue weighted by Gasteiger charge is 2.23. The Labute approximate surface area is 183 Å². The Bertz CT molecular complexity index is 986. The molecular formula is C25H31N3O3. The van der Waals surface area contributed by atoms with Gasteiger partial charge >= 0.3 is 6.09 Å². The van der Waals surface area contributed by atoms with Crippen molar-refractivity contribution in [2.24, 2.45) is 0 Å². The fourth-order valence-electron chi connectivity index (χ4n) is 4.75. The molecule has 1 saturated carbocycles. The lowest BCUT2D eigenvalue weighted by Gasteiger charge is -2.26. The monoisotopic (exact) mass is 421 g/mol. The van der Waals surface area contributed by atoms with Gasteiger partial charge in [0.2, 0.25) is 5.91 Å². The second kappa shape index (κ2) is 9.41. The molecule has 0 bridgehead atoms. The Balaban J connectivity index is 1.37. The molecule has 2 amide bonds. The van der Waals surface area contributed by atoms with Crippen molar-refractivity contribution in [3.63, 3.8) is 0 Å². The van der Waals surface area contributed by atoms with Crippen molar-refractivity contribution in [3.8, 4) is 0 Å². The first-order valence-corrected chi connectivity index (χ1v) is 11.2. The van der Waals surface area contributed by atoms with Gasteiger partial charge in [-0.3, -0.25) is 9.69 Å². The number of cyclic esters (lactones) is 1. The van der Waals surface area contributed by atoms with Crippen LogP contribution in [0.1, 0.15) is 60.7 Å². The number of rotatable bonds is 6. The molecule has 1 aromatic carbocycles. The highest BCUT2D eigenvalue weighted by molar-refractivity contribution is 5.92. The van der Waals surface area contributed by atoms with Gasteiger partial charge in [0.25, 0.3) is 0 Å². The van der Waals surface area contributed by atoms with Crippen LogP contribution < -0.4 is 10.2 Å². The van der Waals surface area contributed by atoms with Crippen LogP contribution in [-0.2, 0) is 16.1 Å². The maximum absolute atomic E-state index is 12.4. The summed E-state index contributed by atoms with van der Waals surface area (Å²) in [6.45, 7) is 5.67. The fraction of sp³-hybridized carbons (Fsp3) is 0.440. The highest BCUT2D eigenvalue weighted by atomic mass is 16.6. The normalized spacial score (nSPS) is 17.4. The van der Waals surface area contributed by atoms with Crippen LogP contribution in [0, 0.1) is 13.8 Å². The third-order valence-electron chi connectivity index (χ3n) is 6.33. The number of anilines is 1. The first-order chi connectivity index (χ1) is 15.0. The van der Waals surface area contributed by atoms with E-state index in [9.17, 15) is 9.59 Å². The lowest BCUT2D eigenvalue weighted by molar-refractivity contribution is -0.116. The number of ether oxygens (including phenoxy) is 1. The number of aryl methyl sites for hydroxylation is 1. The molecule has 0 radical (unpaired) electrons. The highest BCUT2D eigenvalue weighted by Crippen LogP contribution is 2.32. The van der Waals surface area contributed by atoms with Gasteiger partial charge in [-0.05, 0) is 62.1 Å². The Kier molecular flexibility index (Phi) is 6.44. The third-order valence-corrected chi connectivity index (χ3v) is 6.33. The van der Waals surface area contributed by atoms with Crippen LogP contribution in [0.15, 0.2) is 36.4 Å². The Hall–Kier alpha value is -3.02. The molecule has 1 aliphatic carbocycles. The van der Waals surface area contributed by atoms with Crippen LogP contribution in [-0.4, -0.2) is 29.7 Å². The molecule has 2 aliphatic rings. The summed E-state index contributed by atoms with van der Waals surface area (Å²) in [4.78, 5) is 25.8. The smallest absolute Gasteiger partial charge is 0.414 e. The summed E-state index contributed by atoms with van der Waals surface area (Å²) < 4.78 is 7.45. The van der Waals surface area contributed by atoms with Gasteiger partial charge in [0.15, 0.2) is 0 Å². The van der Waals surface area contributed by atoms with Gasteiger partial charge in [-0.15, -0.1) is 0 Å². The molecule has 6 nitrogen and oxygen atoms in total. The van der Waals surface area contributed by atoms with Crippen molar-refractivity contribution in [1.29, 1.82) is 0 Å². The maximum Gasteiger partial charge on any atom is 0.414 e. The first kappa shape index (κ1) is 21.2. The fourth-order valence-corrected chi connectivity index (χ4v) is 4.75. The number of carbonyl (C=O) groups excluding carboxylic acids is 2. The van der Waals surface area contributed by atoms with Gasteiger partial charge in [-0.1, -0.05) is 31.4 Å². The lowest BCUT2D eigenvalue weighted by Crippen LogP contribution is -2.24. The zero-order chi connectivity index (χ0) is 21.8. The van der Waals surface area contributed by atoms with Gasteiger partial charge in [-0.2, -0.15) is 0 Å². The number of hydrogen-bond donors (Lipinski definition) is 1. The minimum atomic E-state index is -0.324. The molecule has 0 unspecified atom stereocenters. The van der Waals surface area contributed by atoms with Crippen LogP contribution in [0.2, 0.25) is 0 Å². The largest absolute Gasteiger partial charge is 0.447 e. The molecule has 1 saturated heterocycles. The van der Waals surface area contributed by atoms with E-state index in [1.54, 1.807) is 11.0 Å². The molecule has 2 heterocycles. The van der Waals surface area contributed by atoms with Crippen molar-refractivity contribution >= 4 is 23.8 Å². The lowest BCUT2D eigenvalue weighted by atomic mass is 9.95. The second-order valence-corrected chi connectivity index (χ2v) is 8.48. The molecule has 2 aromatic rings. The maximum atomic E-state index is 12.4. The van der Waals surface area contributed by atoms with Gasteiger partial charge in [0.05, 0.1) is 6.54 Å². The summed E-state index contributed by atoms with van der Waals surface area (Å²) in [5.41, 5.74) is 5.34. The SMILES string of the molecule is Cc1cc(C=CC(=O)NCc2cccc(N3CCOC3=O)c2)c(C)n1C1CCCCC1. The van der Waals surface area contributed by atoms with Crippen LogP contribution in [0.4, 0.5) is 10.5 Å². The molecule has 1 aliphatic heterocycles. The number of nitrogens with zero attached hydrogens (tertiary/aromatic N) is 2. The number of nitrogens with one attached hydrogen (secondary N) is 1. The topological polar surface area (TPSA) is 63.6 Å².